The minimum atomic E-state index is -0.113. The molecule has 0 spiro atoms. The van der Waals surface area contributed by atoms with Gasteiger partial charge in [0, 0.05) is 12.1 Å². The molecule has 0 aliphatic carbocycles. The van der Waals surface area contributed by atoms with E-state index < -0.39 is 0 Å². The van der Waals surface area contributed by atoms with Gasteiger partial charge in [0.15, 0.2) is 0 Å². The Hall–Kier alpha value is -1.23. The Bertz CT molecular complexity index is 374. The highest BCUT2D eigenvalue weighted by atomic mass is 32.2. The van der Waals surface area contributed by atoms with Gasteiger partial charge in [-0.3, -0.25) is 0 Å². The smallest absolute Gasteiger partial charge is 0.241 e. The fourth-order valence-corrected chi connectivity index (χ4v) is 3.82. The van der Waals surface area contributed by atoms with Gasteiger partial charge in [-0.15, -0.1) is 0 Å². The van der Waals surface area contributed by atoms with Crippen molar-refractivity contribution in [1.82, 2.24) is 0 Å². The molecule has 0 bridgehead atoms. The molecule has 0 amide bonds. The molecule has 0 unspecified atom stereocenters. The summed E-state index contributed by atoms with van der Waals surface area (Å²) in [6.07, 6.45) is 4.91. The Balaban J connectivity index is 2.58. The molecule has 0 radical (unpaired) electrons. The van der Waals surface area contributed by atoms with Gasteiger partial charge in [0.1, 0.15) is 11.5 Å². The molecule has 0 aliphatic heterocycles. The molecule has 1 aromatic carbocycles. The van der Waals surface area contributed by atoms with Crippen LogP contribution in [0.5, 0.6) is 0 Å². The summed E-state index contributed by atoms with van der Waals surface area (Å²) in [7, 11) is 0. The first-order valence-corrected chi connectivity index (χ1v) is 8.44. The largest absolute Gasteiger partial charge is 0.316 e. The number of hydrogen-bond donors (Lipinski definition) is 2. The summed E-state index contributed by atoms with van der Waals surface area (Å²) < 4.78 is 3.54. The van der Waals surface area contributed by atoms with E-state index in [0.29, 0.717) is 0 Å². The second kappa shape index (κ2) is 8.80. The molecule has 0 saturated heterocycles. The maximum absolute atomic E-state index is 10.7. The number of hydrogen-bond acceptors (Lipinski definition) is 2. The van der Waals surface area contributed by atoms with E-state index in [9.17, 15) is 4.91 Å². The zero-order valence-electron chi connectivity index (χ0n) is 11.8. The van der Waals surface area contributed by atoms with Crippen LogP contribution in [-0.4, -0.2) is 21.6 Å². The van der Waals surface area contributed by atoms with Gasteiger partial charge in [-0.2, -0.15) is 0 Å². The van der Waals surface area contributed by atoms with Crippen LogP contribution in [0.4, 0.5) is 11.4 Å². The third-order valence-electron chi connectivity index (χ3n) is 2.84. The number of nitrogens with one attached hydrogen (secondary N) is 1. The molecule has 5 heteroatoms. The first-order valence-electron chi connectivity index (χ1n) is 6.87. The average molecular weight is 284 g/mol. The minimum absolute atomic E-state index is 0.113. The van der Waals surface area contributed by atoms with Crippen molar-refractivity contribution in [2.45, 2.75) is 39.5 Å². The summed E-state index contributed by atoms with van der Waals surface area (Å²) in [6, 6.07) is 6.93. The van der Waals surface area contributed by atoms with Gasteiger partial charge in [0.05, 0.1) is 21.7 Å². The van der Waals surface area contributed by atoms with E-state index in [0.717, 1.165) is 5.69 Å². The van der Waals surface area contributed by atoms with E-state index in [2.05, 4.69) is 18.6 Å². The predicted octanol–water partition coefficient (Wildman–Crippen LogP) is 4.03. The Kier molecular flexibility index (Phi) is 7.33. The van der Waals surface area contributed by atoms with Crippen molar-refractivity contribution in [2.75, 3.05) is 16.2 Å². The van der Waals surface area contributed by atoms with Gasteiger partial charge in [-0.25, -0.2) is 9.93 Å². The molecule has 2 N–H and O–H groups in total. The number of nitrogens with zero attached hydrogens (tertiary/aromatic N) is 1. The lowest BCUT2D eigenvalue weighted by Gasteiger charge is -2.09. The summed E-state index contributed by atoms with van der Waals surface area (Å²) in [5, 5.41) is 8.79. The van der Waals surface area contributed by atoms with Crippen LogP contribution in [-0.2, 0) is 11.1 Å². The molecule has 0 atom stereocenters. The highest BCUT2D eigenvalue weighted by Crippen LogP contribution is 2.17. The highest BCUT2D eigenvalue weighted by Gasteiger charge is 2.18. The fraction of sp³-hybridized carbons (Fsp3) is 0.571. The Labute approximate surface area is 118 Å². The molecule has 19 heavy (non-hydrogen) atoms. The minimum Gasteiger partial charge on any atom is -0.241 e. The van der Waals surface area contributed by atoms with Gasteiger partial charge in [0.2, 0.25) is 0 Å². The molecule has 106 valence electrons. The van der Waals surface area contributed by atoms with Crippen molar-refractivity contribution in [1.29, 1.82) is 0 Å². The number of anilines is 1. The van der Waals surface area contributed by atoms with Gasteiger partial charge in [-0.1, -0.05) is 26.7 Å². The molecule has 0 aromatic heterocycles. The van der Waals surface area contributed by atoms with Crippen molar-refractivity contribution in [3.8, 4) is 0 Å². The lowest BCUT2D eigenvalue weighted by atomic mass is 10.3. The SMILES string of the molecule is CCCC[S+](CCCC)Nc1ccc([N+](=O)O)cc1. The number of unbranched alkanes of at least 4 members (excludes halogenated alkanes) is 2. The maximum Gasteiger partial charge on any atom is 0.316 e. The van der Waals surface area contributed by atoms with Gasteiger partial charge < -0.3 is 0 Å². The Morgan fingerprint density at radius 3 is 2.05 bits per heavy atom. The molecule has 0 fully saturated rings. The van der Waals surface area contributed by atoms with Crippen LogP contribution < -0.4 is 4.72 Å². The van der Waals surface area contributed by atoms with E-state index in [-0.39, 0.29) is 21.7 Å². The van der Waals surface area contributed by atoms with Crippen LogP contribution in [0, 0.1) is 4.91 Å². The van der Waals surface area contributed by atoms with Crippen LogP contribution in [0.25, 0.3) is 0 Å². The molecule has 1 rings (SSSR count). The van der Waals surface area contributed by atoms with Crippen molar-refractivity contribution >= 4 is 22.5 Å². The summed E-state index contributed by atoms with van der Waals surface area (Å²) >= 11 is 0.203. The molecule has 4 nitrogen and oxygen atoms in total. The normalized spacial score (nSPS) is 10.7. The summed E-state index contributed by atoms with van der Waals surface area (Å²) in [6.45, 7) is 4.42. The maximum atomic E-state index is 10.7. The third kappa shape index (κ3) is 5.96. The van der Waals surface area contributed by atoms with Crippen molar-refractivity contribution in [3.63, 3.8) is 0 Å². The summed E-state index contributed by atoms with van der Waals surface area (Å²) in [5.41, 5.74) is 1.27. The quantitative estimate of drug-likeness (QED) is 0.531. The van der Waals surface area contributed by atoms with Gasteiger partial charge in [0.25, 0.3) is 4.92 Å². The zero-order valence-corrected chi connectivity index (χ0v) is 12.6. The molecular weight excluding hydrogens is 260 g/mol. The molecule has 0 saturated carbocycles. The molecule has 0 heterocycles. The van der Waals surface area contributed by atoms with E-state index in [4.69, 9.17) is 5.21 Å². The molecular formula is C14H24N2O2S+2. The highest BCUT2D eigenvalue weighted by molar-refractivity contribution is 7.98. The third-order valence-corrected chi connectivity index (χ3v) is 4.93. The average Bonchev–Trinajstić information content (AvgIpc) is 2.42. The van der Waals surface area contributed by atoms with E-state index in [1.165, 1.54) is 37.2 Å². The first kappa shape index (κ1) is 15.8. The monoisotopic (exact) mass is 284 g/mol. The van der Waals surface area contributed by atoms with Crippen LogP contribution >= 0.6 is 0 Å². The fourth-order valence-electron chi connectivity index (χ4n) is 1.66. The number of rotatable bonds is 9. The molecule has 1 aromatic rings. The molecule has 0 aliphatic rings. The lowest BCUT2D eigenvalue weighted by Crippen LogP contribution is -2.21. The second-order valence-corrected chi connectivity index (χ2v) is 6.54. The van der Waals surface area contributed by atoms with E-state index >= 15 is 0 Å². The van der Waals surface area contributed by atoms with Crippen molar-refractivity contribution in [3.05, 3.63) is 29.2 Å². The van der Waals surface area contributed by atoms with Crippen LogP contribution in [0.3, 0.4) is 0 Å². The van der Waals surface area contributed by atoms with Crippen molar-refractivity contribution in [2.24, 2.45) is 0 Å². The standard InChI is InChI=1S/C14H24N2O2S/c1-3-5-11-19(12-6-4-2)15-13-7-9-14(10-8-13)16(17)18/h7-10,15H,3-6,11-12H2,1-2H3,(H,17,18)/q+2. The van der Waals surface area contributed by atoms with Crippen LogP contribution in [0.2, 0.25) is 0 Å². The lowest BCUT2D eigenvalue weighted by molar-refractivity contribution is -0.729. The van der Waals surface area contributed by atoms with Gasteiger partial charge >= 0.3 is 5.69 Å². The van der Waals surface area contributed by atoms with Crippen LogP contribution in [0.1, 0.15) is 39.5 Å². The second-order valence-electron chi connectivity index (χ2n) is 4.53. The number of benzene rings is 1. The predicted molar refractivity (Wildman–Crippen MR) is 82.1 cm³/mol. The van der Waals surface area contributed by atoms with E-state index in [1.54, 1.807) is 12.1 Å². The van der Waals surface area contributed by atoms with Gasteiger partial charge in [-0.05, 0) is 25.0 Å². The Morgan fingerprint density at radius 2 is 1.63 bits per heavy atom. The topological polar surface area (TPSA) is 52.3 Å². The zero-order chi connectivity index (χ0) is 14.1. The summed E-state index contributed by atoms with van der Waals surface area (Å²) in [5.74, 6) is 2.40. The van der Waals surface area contributed by atoms with E-state index in [1.807, 2.05) is 12.1 Å². The van der Waals surface area contributed by atoms with Crippen molar-refractivity contribution < 1.29 is 10.1 Å². The first-order chi connectivity index (χ1) is 9.17. The Morgan fingerprint density at radius 1 is 1.11 bits per heavy atom. The summed E-state index contributed by atoms with van der Waals surface area (Å²) in [4.78, 5) is 10.6. The van der Waals surface area contributed by atoms with Crippen LogP contribution in [0.15, 0.2) is 24.3 Å².